The summed E-state index contributed by atoms with van der Waals surface area (Å²) in [6, 6.07) is 3.63. The first-order chi connectivity index (χ1) is 12.5. The number of rotatable bonds is 3. The monoisotopic (exact) mass is 359 g/mol. The summed E-state index contributed by atoms with van der Waals surface area (Å²) in [7, 11) is 6.77. The molecule has 2 aliphatic carbocycles. The quantitative estimate of drug-likeness (QED) is 0.892. The fourth-order valence-corrected chi connectivity index (χ4v) is 5.72. The molecule has 0 saturated carbocycles. The van der Waals surface area contributed by atoms with E-state index in [1.54, 1.807) is 20.3 Å². The topological polar surface area (TPSA) is 68.2 Å². The van der Waals surface area contributed by atoms with E-state index in [2.05, 4.69) is 11.9 Å². The Morgan fingerprint density at radius 1 is 1.12 bits per heavy atom. The number of nitrogens with zero attached hydrogens (tertiary/aromatic N) is 1. The van der Waals surface area contributed by atoms with Crippen LogP contribution in [0.25, 0.3) is 0 Å². The van der Waals surface area contributed by atoms with Gasteiger partial charge in [-0.2, -0.15) is 0 Å². The number of ketones is 1. The van der Waals surface area contributed by atoms with E-state index in [0.717, 1.165) is 36.9 Å². The third kappa shape index (κ3) is 1.78. The van der Waals surface area contributed by atoms with Gasteiger partial charge in [-0.3, -0.25) is 9.69 Å². The average molecular weight is 359 g/mol. The van der Waals surface area contributed by atoms with Crippen LogP contribution in [0.4, 0.5) is 0 Å². The maximum absolute atomic E-state index is 13.0. The van der Waals surface area contributed by atoms with Crippen LogP contribution in [0.2, 0.25) is 0 Å². The number of aryl methyl sites for hydroxylation is 1. The van der Waals surface area contributed by atoms with Crippen LogP contribution in [-0.4, -0.2) is 56.3 Å². The summed E-state index contributed by atoms with van der Waals surface area (Å²) < 4.78 is 16.9. The zero-order chi connectivity index (χ0) is 18.7. The number of carbonyl (C=O) groups excluding carboxylic acids is 1. The Morgan fingerprint density at radius 2 is 1.88 bits per heavy atom. The maximum atomic E-state index is 13.0. The number of Topliss-reactive ketones (excluding diaryl/α,β-unsaturated/α-hetero) is 1. The summed E-state index contributed by atoms with van der Waals surface area (Å²) in [5, 5.41) is 10.4. The maximum Gasteiger partial charge on any atom is 0.201 e. The molecule has 1 heterocycles. The van der Waals surface area contributed by atoms with Gasteiger partial charge in [0.2, 0.25) is 11.5 Å². The normalized spacial score (nSPS) is 30.5. The lowest BCUT2D eigenvalue weighted by molar-refractivity contribution is -0.124. The molecule has 1 aliphatic heterocycles. The molecule has 4 rings (SSSR count). The van der Waals surface area contributed by atoms with E-state index in [-0.39, 0.29) is 11.5 Å². The molecule has 1 fully saturated rings. The van der Waals surface area contributed by atoms with E-state index in [4.69, 9.17) is 14.2 Å². The van der Waals surface area contributed by atoms with Gasteiger partial charge in [-0.1, -0.05) is 6.07 Å². The first kappa shape index (κ1) is 17.2. The number of phenols is 1. The van der Waals surface area contributed by atoms with Gasteiger partial charge in [0.15, 0.2) is 17.3 Å². The van der Waals surface area contributed by atoms with Crippen molar-refractivity contribution in [1.82, 2.24) is 4.90 Å². The second-order valence-corrected chi connectivity index (χ2v) is 7.43. The first-order valence-electron chi connectivity index (χ1n) is 8.93. The molecule has 1 N–H and O–H groups in total. The number of likely N-dealkylation sites (N-methyl/N-ethyl adjacent to an activating group) is 1. The van der Waals surface area contributed by atoms with Crippen LogP contribution in [-0.2, 0) is 26.1 Å². The van der Waals surface area contributed by atoms with E-state index >= 15 is 0 Å². The van der Waals surface area contributed by atoms with Crippen LogP contribution in [0, 0.1) is 0 Å². The standard InChI is InChI=1S/C20H25NO5/c1-21-10-9-19-11-14(23)17(25-3)18(26-4)20(19,21)8-7-12-5-6-13(22)16(24-2)15(12)19/h5-6,22H,7-11H2,1-4H3/t19-,20+/m0/s1. The van der Waals surface area contributed by atoms with Crippen molar-refractivity contribution in [2.24, 2.45) is 0 Å². The van der Waals surface area contributed by atoms with Gasteiger partial charge in [-0.15, -0.1) is 0 Å². The van der Waals surface area contributed by atoms with Crippen molar-refractivity contribution in [3.63, 3.8) is 0 Å². The molecular formula is C20H25NO5. The fraction of sp³-hybridized carbons (Fsp3) is 0.550. The molecule has 1 aromatic carbocycles. The second-order valence-electron chi connectivity index (χ2n) is 7.43. The minimum Gasteiger partial charge on any atom is -0.504 e. The van der Waals surface area contributed by atoms with Crippen LogP contribution < -0.4 is 4.74 Å². The molecule has 0 radical (unpaired) electrons. The number of fused-ring (bicyclic) bond motifs is 1. The Kier molecular flexibility index (Phi) is 3.74. The van der Waals surface area contributed by atoms with E-state index in [0.29, 0.717) is 23.7 Å². The highest BCUT2D eigenvalue weighted by Crippen LogP contribution is 2.63. The minimum atomic E-state index is -0.496. The number of phenolic OH excluding ortho intramolecular Hbond substituents is 1. The number of aromatic hydroxyl groups is 1. The van der Waals surface area contributed by atoms with Crippen molar-refractivity contribution in [2.45, 2.75) is 36.6 Å². The third-order valence-corrected chi connectivity index (χ3v) is 6.69. The molecule has 6 nitrogen and oxygen atoms in total. The average Bonchev–Trinajstić information content (AvgIpc) is 2.94. The van der Waals surface area contributed by atoms with Crippen molar-refractivity contribution >= 4 is 5.78 Å². The highest BCUT2D eigenvalue weighted by atomic mass is 16.5. The number of hydrogen-bond donors (Lipinski definition) is 1. The molecule has 26 heavy (non-hydrogen) atoms. The van der Waals surface area contributed by atoms with Crippen molar-refractivity contribution < 1.29 is 24.1 Å². The number of ether oxygens (including phenoxy) is 3. The zero-order valence-electron chi connectivity index (χ0n) is 15.7. The Morgan fingerprint density at radius 3 is 2.54 bits per heavy atom. The molecule has 0 spiro atoms. The molecule has 0 bridgehead atoms. The molecular weight excluding hydrogens is 334 g/mol. The predicted octanol–water partition coefficient (Wildman–Crippen LogP) is 2.14. The fourth-order valence-electron chi connectivity index (χ4n) is 5.72. The summed E-state index contributed by atoms with van der Waals surface area (Å²) in [6.45, 7) is 0.829. The van der Waals surface area contributed by atoms with Crippen molar-refractivity contribution in [3.8, 4) is 11.5 Å². The smallest absolute Gasteiger partial charge is 0.201 e. The van der Waals surface area contributed by atoms with Gasteiger partial charge in [-0.25, -0.2) is 0 Å². The van der Waals surface area contributed by atoms with Gasteiger partial charge in [0.1, 0.15) is 0 Å². The highest BCUT2D eigenvalue weighted by molar-refractivity contribution is 5.97. The Bertz CT molecular complexity index is 817. The molecule has 0 amide bonds. The first-order valence-corrected chi connectivity index (χ1v) is 8.93. The van der Waals surface area contributed by atoms with Crippen LogP contribution in [0.15, 0.2) is 23.7 Å². The Labute approximate surface area is 153 Å². The molecule has 2 atom stereocenters. The van der Waals surface area contributed by atoms with Crippen molar-refractivity contribution in [2.75, 3.05) is 34.9 Å². The number of allylic oxidation sites excluding steroid dienone is 1. The lowest BCUT2D eigenvalue weighted by Gasteiger charge is -2.55. The SMILES string of the molecule is COC1=C(OC)[C@]23CCc4ccc(O)c(OC)c4[C@]2(CCN3C)CC1=O. The Balaban J connectivity index is 2.09. The molecule has 6 heteroatoms. The number of likely N-dealkylation sites (tertiary alicyclic amines) is 1. The summed E-state index contributed by atoms with van der Waals surface area (Å²) >= 11 is 0. The van der Waals surface area contributed by atoms with E-state index < -0.39 is 11.0 Å². The number of carbonyl (C=O) groups is 1. The Hall–Kier alpha value is -2.21. The molecule has 0 aromatic heterocycles. The highest BCUT2D eigenvalue weighted by Gasteiger charge is 2.68. The molecule has 1 saturated heterocycles. The van der Waals surface area contributed by atoms with Crippen molar-refractivity contribution in [3.05, 3.63) is 34.8 Å². The van der Waals surface area contributed by atoms with Gasteiger partial charge < -0.3 is 19.3 Å². The van der Waals surface area contributed by atoms with Gasteiger partial charge in [-0.05, 0) is 44.5 Å². The van der Waals surface area contributed by atoms with E-state index in [1.807, 2.05) is 6.07 Å². The van der Waals surface area contributed by atoms with Crippen LogP contribution in [0.1, 0.15) is 30.4 Å². The molecule has 0 unspecified atom stereocenters. The minimum absolute atomic E-state index is 0.0616. The predicted molar refractivity (Wildman–Crippen MR) is 95.3 cm³/mol. The second kappa shape index (κ2) is 5.64. The molecule has 3 aliphatic rings. The van der Waals surface area contributed by atoms with Crippen molar-refractivity contribution in [1.29, 1.82) is 0 Å². The zero-order valence-corrected chi connectivity index (χ0v) is 15.7. The number of hydrogen-bond acceptors (Lipinski definition) is 6. The number of benzene rings is 1. The molecule has 1 aromatic rings. The lowest BCUT2D eigenvalue weighted by atomic mass is 9.53. The van der Waals surface area contributed by atoms with Gasteiger partial charge >= 0.3 is 0 Å². The van der Waals surface area contributed by atoms with Gasteiger partial charge in [0.25, 0.3) is 0 Å². The van der Waals surface area contributed by atoms with Gasteiger partial charge in [0.05, 0.1) is 26.9 Å². The van der Waals surface area contributed by atoms with Gasteiger partial charge in [0, 0.05) is 17.4 Å². The third-order valence-electron chi connectivity index (χ3n) is 6.69. The van der Waals surface area contributed by atoms with E-state index in [9.17, 15) is 9.90 Å². The number of methoxy groups -OCH3 is 3. The summed E-state index contributed by atoms with van der Waals surface area (Å²) in [5.41, 5.74) is 1.11. The van der Waals surface area contributed by atoms with Crippen LogP contribution >= 0.6 is 0 Å². The van der Waals surface area contributed by atoms with Crippen LogP contribution in [0.3, 0.4) is 0 Å². The van der Waals surface area contributed by atoms with E-state index in [1.165, 1.54) is 7.11 Å². The summed E-state index contributed by atoms with van der Waals surface area (Å²) in [6.07, 6.45) is 2.76. The van der Waals surface area contributed by atoms with Crippen LogP contribution in [0.5, 0.6) is 11.5 Å². The lowest BCUT2D eigenvalue weighted by Crippen LogP contribution is -2.62. The molecule has 140 valence electrons. The summed E-state index contributed by atoms with van der Waals surface area (Å²) in [4.78, 5) is 15.3. The summed E-state index contributed by atoms with van der Waals surface area (Å²) in [5.74, 6) is 1.45. The largest absolute Gasteiger partial charge is 0.504 e.